The van der Waals surface area contributed by atoms with E-state index in [1.807, 2.05) is 11.8 Å². The topological polar surface area (TPSA) is 72.2 Å². The zero-order chi connectivity index (χ0) is 14.8. The minimum atomic E-state index is -0.505. The van der Waals surface area contributed by atoms with Gasteiger partial charge in [0.05, 0.1) is 9.40 Å². The summed E-state index contributed by atoms with van der Waals surface area (Å²) in [5, 5.41) is 13.7. The number of carbonyl (C=O) groups excluding carboxylic acids is 1. The molecule has 1 heterocycles. The van der Waals surface area contributed by atoms with E-state index in [1.54, 1.807) is 6.07 Å². The second-order valence-electron chi connectivity index (χ2n) is 5.01. The van der Waals surface area contributed by atoms with Crippen molar-refractivity contribution in [1.82, 2.24) is 5.32 Å². The van der Waals surface area contributed by atoms with Gasteiger partial charge in [-0.3, -0.25) is 14.9 Å². The first-order valence-electron chi connectivity index (χ1n) is 6.27. The molecule has 1 fully saturated rings. The number of nitrogens with zero attached hydrogens (tertiary/aromatic N) is 1. The summed E-state index contributed by atoms with van der Waals surface area (Å²) in [5.74, 6) is 0.852. The molecule has 0 spiro atoms. The molecule has 1 aromatic rings. The summed E-state index contributed by atoms with van der Waals surface area (Å²) in [5.41, 5.74) is 0.214. The van der Waals surface area contributed by atoms with E-state index in [0.717, 1.165) is 12.2 Å². The lowest BCUT2D eigenvalue weighted by Gasteiger charge is -2.22. The van der Waals surface area contributed by atoms with Crippen LogP contribution in [0.25, 0.3) is 0 Å². The molecule has 2 rings (SSSR count). The van der Waals surface area contributed by atoms with Crippen molar-refractivity contribution in [2.75, 3.05) is 12.3 Å². The van der Waals surface area contributed by atoms with Gasteiger partial charge < -0.3 is 5.32 Å². The van der Waals surface area contributed by atoms with Crippen LogP contribution >= 0.6 is 27.7 Å². The lowest BCUT2D eigenvalue weighted by Crippen LogP contribution is -2.36. The van der Waals surface area contributed by atoms with Crippen LogP contribution in [0.2, 0.25) is 0 Å². The fourth-order valence-electron chi connectivity index (χ4n) is 2.14. The van der Waals surface area contributed by atoms with Crippen molar-refractivity contribution in [3.63, 3.8) is 0 Å². The number of nitro groups is 1. The predicted octanol–water partition coefficient (Wildman–Crippen LogP) is 3.37. The molecule has 0 aliphatic carbocycles. The van der Waals surface area contributed by atoms with Gasteiger partial charge in [-0.25, -0.2) is 0 Å². The normalized spacial score (nSPS) is 21.7. The summed E-state index contributed by atoms with van der Waals surface area (Å²) in [7, 11) is 0. The fourth-order valence-corrected chi connectivity index (χ4v) is 3.78. The molecule has 7 heteroatoms. The van der Waals surface area contributed by atoms with Gasteiger partial charge in [0, 0.05) is 22.9 Å². The third-order valence-corrected chi connectivity index (χ3v) is 5.54. The zero-order valence-corrected chi connectivity index (χ0v) is 13.4. The fraction of sp³-hybridized carbons (Fsp3) is 0.462. The van der Waals surface area contributed by atoms with E-state index in [9.17, 15) is 14.9 Å². The molecule has 1 aliphatic rings. The molecule has 108 valence electrons. The van der Waals surface area contributed by atoms with E-state index >= 15 is 0 Å². The largest absolute Gasteiger partial charge is 0.351 e. The molecule has 1 amide bonds. The van der Waals surface area contributed by atoms with Crippen LogP contribution < -0.4 is 5.32 Å². The Morgan fingerprint density at radius 3 is 2.95 bits per heavy atom. The summed E-state index contributed by atoms with van der Waals surface area (Å²) in [6.45, 7) is 2.72. The Balaban J connectivity index is 2.06. The van der Waals surface area contributed by atoms with E-state index in [2.05, 4.69) is 28.2 Å². The number of carbonyl (C=O) groups is 1. The Labute approximate surface area is 129 Å². The molecule has 0 aromatic heterocycles. The number of halogens is 1. The maximum absolute atomic E-state index is 12.1. The van der Waals surface area contributed by atoms with Gasteiger partial charge in [-0.2, -0.15) is 11.8 Å². The molecular formula is C13H15BrN2O3S. The lowest BCUT2D eigenvalue weighted by molar-refractivity contribution is -0.385. The average molecular weight is 359 g/mol. The second-order valence-corrected chi connectivity index (χ2v) is 7.54. The summed E-state index contributed by atoms with van der Waals surface area (Å²) in [6, 6.07) is 4.40. The van der Waals surface area contributed by atoms with Gasteiger partial charge in [0.2, 0.25) is 0 Å². The molecular weight excluding hydrogens is 344 g/mol. The third kappa shape index (κ3) is 3.52. The van der Waals surface area contributed by atoms with Crippen molar-refractivity contribution < 1.29 is 9.72 Å². The van der Waals surface area contributed by atoms with Crippen LogP contribution in [0.1, 0.15) is 30.1 Å². The van der Waals surface area contributed by atoms with Gasteiger partial charge in [0.25, 0.3) is 11.6 Å². The number of nitro benzene ring substituents is 1. The highest BCUT2D eigenvalue weighted by molar-refractivity contribution is 9.10. The lowest BCUT2D eigenvalue weighted by atomic mass is 10.1. The van der Waals surface area contributed by atoms with E-state index in [0.29, 0.717) is 16.6 Å². The predicted molar refractivity (Wildman–Crippen MR) is 83.2 cm³/mol. The molecule has 1 N–H and O–H groups in total. The number of nitrogens with one attached hydrogen (secondary N) is 1. The first-order valence-corrected chi connectivity index (χ1v) is 8.05. The molecule has 5 nitrogen and oxygen atoms in total. The highest BCUT2D eigenvalue weighted by Gasteiger charge is 2.30. The monoisotopic (exact) mass is 358 g/mol. The average Bonchev–Trinajstić information content (AvgIpc) is 2.84. The van der Waals surface area contributed by atoms with Gasteiger partial charge in [0.1, 0.15) is 0 Å². The molecule has 1 unspecified atom stereocenters. The second kappa shape index (κ2) is 6.13. The number of benzene rings is 1. The number of thioether (sulfide) groups is 1. The quantitative estimate of drug-likeness (QED) is 0.661. The van der Waals surface area contributed by atoms with Crippen molar-refractivity contribution >= 4 is 39.3 Å². The Morgan fingerprint density at radius 1 is 1.60 bits per heavy atom. The van der Waals surface area contributed by atoms with Crippen LogP contribution in [-0.4, -0.2) is 27.9 Å². The Hall–Kier alpha value is -1.08. The zero-order valence-electron chi connectivity index (χ0n) is 11.0. The smallest absolute Gasteiger partial charge is 0.284 e. The van der Waals surface area contributed by atoms with Crippen LogP contribution in [0.3, 0.4) is 0 Å². The maximum Gasteiger partial charge on any atom is 0.284 e. The van der Waals surface area contributed by atoms with E-state index in [4.69, 9.17) is 0 Å². The maximum atomic E-state index is 12.1. The van der Waals surface area contributed by atoms with Crippen molar-refractivity contribution in [3.05, 3.63) is 38.3 Å². The first-order chi connectivity index (χ1) is 9.41. The van der Waals surface area contributed by atoms with Gasteiger partial charge in [-0.1, -0.05) is 0 Å². The van der Waals surface area contributed by atoms with Gasteiger partial charge >= 0.3 is 0 Å². The van der Waals surface area contributed by atoms with E-state index in [1.165, 1.54) is 18.6 Å². The Morgan fingerprint density at radius 2 is 2.35 bits per heavy atom. The summed E-state index contributed by atoms with van der Waals surface area (Å²) >= 11 is 4.97. The minimum absolute atomic E-state index is 0.0803. The van der Waals surface area contributed by atoms with E-state index in [-0.39, 0.29) is 16.3 Å². The van der Waals surface area contributed by atoms with Gasteiger partial charge in [-0.05, 0) is 53.6 Å². The first kappa shape index (κ1) is 15.3. The number of amides is 1. The number of rotatable bonds is 4. The molecule has 0 saturated carbocycles. The van der Waals surface area contributed by atoms with Crippen molar-refractivity contribution in [2.45, 2.75) is 24.5 Å². The standard InChI is InChI=1S/C13H15BrN2O3S/c1-13(5-2-6-20-13)8-15-12(17)9-3-4-10(14)11(7-9)16(18)19/h3-4,7H,2,5-6,8H2,1H3,(H,15,17). The SMILES string of the molecule is CC1(CNC(=O)c2ccc(Br)c([N+](=O)[O-])c2)CCCS1. The highest BCUT2D eigenvalue weighted by Crippen LogP contribution is 2.37. The third-order valence-electron chi connectivity index (χ3n) is 3.33. The van der Waals surface area contributed by atoms with E-state index < -0.39 is 4.92 Å². The molecule has 1 atom stereocenters. The molecule has 0 bridgehead atoms. The summed E-state index contributed by atoms with van der Waals surface area (Å²) in [6.07, 6.45) is 2.25. The number of hydrogen-bond acceptors (Lipinski definition) is 4. The van der Waals surface area contributed by atoms with Crippen LogP contribution in [0.15, 0.2) is 22.7 Å². The van der Waals surface area contributed by atoms with Crippen LogP contribution in [0, 0.1) is 10.1 Å². The molecule has 20 heavy (non-hydrogen) atoms. The molecule has 0 radical (unpaired) electrons. The molecule has 1 saturated heterocycles. The summed E-state index contributed by atoms with van der Waals surface area (Å²) in [4.78, 5) is 22.4. The van der Waals surface area contributed by atoms with Gasteiger partial charge in [-0.15, -0.1) is 0 Å². The molecule has 1 aliphatic heterocycles. The Kier molecular flexibility index (Phi) is 4.70. The molecule has 1 aromatic carbocycles. The van der Waals surface area contributed by atoms with Crippen LogP contribution in [0.4, 0.5) is 5.69 Å². The van der Waals surface area contributed by atoms with Crippen molar-refractivity contribution in [2.24, 2.45) is 0 Å². The highest BCUT2D eigenvalue weighted by atomic mass is 79.9. The van der Waals surface area contributed by atoms with Crippen LogP contribution in [0.5, 0.6) is 0 Å². The summed E-state index contributed by atoms with van der Waals surface area (Å²) < 4.78 is 0.453. The van der Waals surface area contributed by atoms with Crippen LogP contribution in [-0.2, 0) is 0 Å². The van der Waals surface area contributed by atoms with Gasteiger partial charge in [0.15, 0.2) is 0 Å². The van der Waals surface area contributed by atoms with Crippen molar-refractivity contribution in [3.8, 4) is 0 Å². The Bertz CT molecular complexity index is 544. The minimum Gasteiger partial charge on any atom is -0.351 e. The number of hydrogen-bond donors (Lipinski definition) is 1. The van der Waals surface area contributed by atoms with Crippen molar-refractivity contribution in [1.29, 1.82) is 0 Å².